The van der Waals surface area contributed by atoms with Crippen molar-refractivity contribution in [2.75, 3.05) is 13.7 Å². The molecule has 20 heavy (non-hydrogen) atoms. The van der Waals surface area contributed by atoms with E-state index >= 15 is 0 Å². The first-order chi connectivity index (χ1) is 9.62. The fourth-order valence-corrected chi connectivity index (χ4v) is 2.86. The Morgan fingerprint density at radius 1 is 1.35 bits per heavy atom. The number of rotatable bonds is 5. The van der Waals surface area contributed by atoms with Crippen molar-refractivity contribution in [1.82, 2.24) is 10.2 Å². The van der Waals surface area contributed by atoms with Crippen LogP contribution in [0.5, 0.6) is 5.75 Å². The minimum Gasteiger partial charge on any atom is -0.496 e. The van der Waals surface area contributed by atoms with E-state index in [2.05, 4.69) is 18.3 Å². The zero-order chi connectivity index (χ0) is 14.7. The number of hydrogen-bond donors (Lipinski definition) is 1. The number of nitrogens with zero attached hydrogens (tertiary/aromatic N) is 1. The second-order valence-electron chi connectivity index (χ2n) is 5.26. The number of carbonyl (C=O) groups is 1. The molecule has 0 bridgehead atoms. The summed E-state index contributed by atoms with van der Waals surface area (Å²) in [7, 11) is 1.68. The van der Waals surface area contributed by atoms with Crippen LogP contribution in [0.3, 0.4) is 0 Å². The van der Waals surface area contributed by atoms with Crippen LogP contribution in [0.1, 0.15) is 44.0 Å². The van der Waals surface area contributed by atoms with Gasteiger partial charge in [-0.05, 0) is 43.5 Å². The molecule has 1 fully saturated rings. The van der Waals surface area contributed by atoms with Crippen molar-refractivity contribution in [3.05, 3.63) is 29.3 Å². The Balaban J connectivity index is 2.26. The minimum atomic E-state index is -0.0487. The number of methoxy groups -OCH3 is 1. The molecule has 1 aliphatic rings. The van der Waals surface area contributed by atoms with Gasteiger partial charge in [-0.2, -0.15) is 0 Å². The molecule has 1 aromatic carbocycles. The smallest absolute Gasteiger partial charge is 0.241 e. The maximum atomic E-state index is 12.4. The molecule has 0 saturated carbocycles. The summed E-state index contributed by atoms with van der Waals surface area (Å²) in [5.74, 6) is 1.10. The Hall–Kier alpha value is -1.55. The van der Waals surface area contributed by atoms with Gasteiger partial charge in [0, 0.05) is 6.54 Å². The molecule has 0 spiro atoms. The first-order valence-electron chi connectivity index (χ1n) is 7.33. The number of likely N-dealkylation sites (N-methyl/N-ethyl adjacent to an activating group) is 1. The zero-order valence-electron chi connectivity index (χ0n) is 12.8. The SMILES string of the molecule is CCCC1NC(c2ccc(OC)c(C)c2)N(CC)C1=O. The molecule has 1 aliphatic heterocycles. The molecule has 1 saturated heterocycles. The van der Waals surface area contributed by atoms with E-state index in [1.807, 2.05) is 30.9 Å². The molecule has 1 heterocycles. The quantitative estimate of drug-likeness (QED) is 0.899. The highest BCUT2D eigenvalue weighted by molar-refractivity contribution is 5.84. The lowest BCUT2D eigenvalue weighted by atomic mass is 10.1. The Morgan fingerprint density at radius 2 is 2.10 bits per heavy atom. The summed E-state index contributed by atoms with van der Waals surface area (Å²) in [4.78, 5) is 14.3. The molecule has 4 nitrogen and oxygen atoms in total. The molecule has 110 valence electrons. The Bertz CT molecular complexity index is 487. The van der Waals surface area contributed by atoms with Crippen LogP contribution < -0.4 is 10.1 Å². The van der Waals surface area contributed by atoms with Crippen LogP contribution in [0, 0.1) is 6.92 Å². The van der Waals surface area contributed by atoms with E-state index in [4.69, 9.17) is 4.74 Å². The van der Waals surface area contributed by atoms with E-state index in [-0.39, 0.29) is 18.1 Å². The van der Waals surface area contributed by atoms with Crippen molar-refractivity contribution >= 4 is 5.91 Å². The number of amides is 1. The van der Waals surface area contributed by atoms with Crippen molar-refractivity contribution < 1.29 is 9.53 Å². The molecule has 1 amide bonds. The van der Waals surface area contributed by atoms with Gasteiger partial charge in [0.1, 0.15) is 11.9 Å². The Kier molecular flexibility index (Phi) is 4.65. The number of ether oxygens (including phenoxy) is 1. The molecule has 1 N–H and O–H groups in total. The third-order valence-electron chi connectivity index (χ3n) is 3.90. The number of hydrogen-bond acceptors (Lipinski definition) is 3. The largest absolute Gasteiger partial charge is 0.496 e. The minimum absolute atomic E-state index is 0.0198. The van der Waals surface area contributed by atoms with E-state index in [0.29, 0.717) is 0 Å². The third-order valence-corrected chi connectivity index (χ3v) is 3.90. The monoisotopic (exact) mass is 276 g/mol. The summed E-state index contributed by atoms with van der Waals surface area (Å²) >= 11 is 0. The molecular formula is C16H24N2O2. The lowest BCUT2D eigenvalue weighted by Crippen LogP contribution is -2.30. The van der Waals surface area contributed by atoms with Crippen LogP contribution in [0.2, 0.25) is 0 Å². The molecule has 2 rings (SSSR count). The van der Waals surface area contributed by atoms with Gasteiger partial charge < -0.3 is 9.64 Å². The van der Waals surface area contributed by atoms with Crippen LogP contribution >= 0.6 is 0 Å². The summed E-state index contributed by atoms with van der Waals surface area (Å²) in [6, 6.07) is 6.05. The summed E-state index contributed by atoms with van der Waals surface area (Å²) in [5, 5.41) is 3.46. The number of benzene rings is 1. The van der Waals surface area contributed by atoms with Crippen molar-refractivity contribution in [2.24, 2.45) is 0 Å². The third kappa shape index (κ3) is 2.66. The highest BCUT2D eigenvalue weighted by Gasteiger charge is 2.37. The Morgan fingerprint density at radius 3 is 2.65 bits per heavy atom. The average molecular weight is 276 g/mol. The Labute approximate surface area is 121 Å². The molecule has 1 aromatic rings. The maximum absolute atomic E-state index is 12.4. The molecule has 0 radical (unpaired) electrons. The normalized spacial score (nSPS) is 22.4. The van der Waals surface area contributed by atoms with Gasteiger partial charge in [0.15, 0.2) is 0 Å². The zero-order valence-corrected chi connectivity index (χ0v) is 12.8. The van der Waals surface area contributed by atoms with E-state index in [1.54, 1.807) is 7.11 Å². The van der Waals surface area contributed by atoms with Crippen LogP contribution in [0.4, 0.5) is 0 Å². The van der Waals surface area contributed by atoms with Gasteiger partial charge >= 0.3 is 0 Å². The van der Waals surface area contributed by atoms with Crippen LogP contribution in [-0.4, -0.2) is 30.5 Å². The second-order valence-corrected chi connectivity index (χ2v) is 5.26. The van der Waals surface area contributed by atoms with Crippen molar-refractivity contribution in [3.63, 3.8) is 0 Å². The summed E-state index contributed by atoms with van der Waals surface area (Å²) < 4.78 is 5.30. The summed E-state index contributed by atoms with van der Waals surface area (Å²) in [6.07, 6.45) is 1.88. The van der Waals surface area contributed by atoms with Crippen molar-refractivity contribution in [1.29, 1.82) is 0 Å². The van der Waals surface area contributed by atoms with Crippen LogP contribution in [0.15, 0.2) is 18.2 Å². The van der Waals surface area contributed by atoms with E-state index in [1.165, 1.54) is 0 Å². The number of nitrogens with one attached hydrogen (secondary N) is 1. The molecule has 2 atom stereocenters. The van der Waals surface area contributed by atoms with Gasteiger partial charge in [0.2, 0.25) is 5.91 Å². The second kappa shape index (κ2) is 6.27. The van der Waals surface area contributed by atoms with Gasteiger partial charge in [-0.1, -0.05) is 19.4 Å². The van der Waals surface area contributed by atoms with E-state index < -0.39 is 0 Å². The first-order valence-corrected chi connectivity index (χ1v) is 7.33. The molecule has 0 aromatic heterocycles. The van der Waals surface area contributed by atoms with Crippen LogP contribution in [0.25, 0.3) is 0 Å². The fraction of sp³-hybridized carbons (Fsp3) is 0.562. The lowest BCUT2D eigenvalue weighted by molar-refractivity contribution is -0.130. The average Bonchev–Trinajstić information content (AvgIpc) is 2.76. The van der Waals surface area contributed by atoms with Crippen LogP contribution in [-0.2, 0) is 4.79 Å². The summed E-state index contributed by atoms with van der Waals surface area (Å²) in [6.45, 7) is 6.88. The highest BCUT2D eigenvalue weighted by Crippen LogP contribution is 2.29. The maximum Gasteiger partial charge on any atom is 0.241 e. The van der Waals surface area contributed by atoms with E-state index in [9.17, 15) is 4.79 Å². The lowest BCUT2D eigenvalue weighted by Gasteiger charge is -2.23. The summed E-state index contributed by atoms with van der Waals surface area (Å²) in [5.41, 5.74) is 2.21. The van der Waals surface area contributed by atoms with E-state index in [0.717, 1.165) is 36.3 Å². The molecule has 4 heteroatoms. The van der Waals surface area contributed by atoms with Crippen molar-refractivity contribution in [2.45, 2.75) is 45.8 Å². The highest BCUT2D eigenvalue weighted by atomic mass is 16.5. The van der Waals surface area contributed by atoms with Crippen molar-refractivity contribution in [3.8, 4) is 5.75 Å². The predicted octanol–water partition coefficient (Wildman–Crippen LogP) is 2.62. The predicted molar refractivity (Wildman–Crippen MR) is 79.7 cm³/mol. The molecule has 0 aliphatic carbocycles. The van der Waals surface area contributed by atoms with Gasteiger partial charge in [0.25, 0.3) is 0 Å². The number of carbonyl (C=O) groups excluding carboxylic acids is 1. The standard InChI is InChI=1S/C16H24N2O2/c1-5-7-13-16(19)18(6-2)15(17-13)12-8-9-14(20-4)11(3)10-12/h8-10,13,15,17H,5-7H2,1-4H3. The van der Waals surface area contributed by atoms with Gasteiger partial charge in [-0.3, -0.25) is 10.1 Å². The van der Waals surface area contributed by atoms with Gasteiger partial charge in [-0.15, -0.1) is 0 Å². The molecule has 2 unspecified atom stereocenters. The number of aryl methyl sites for hydroxylation is 1. The van der Waals surface area contributed by atoms with Gasteiger partial charge in [-0.25, -0.2) is 0 Å². The first kappa shape index (κ1) is 14.9. The van der Waals surface area contributed by atoms with Gasteiger partial charge in [0.05, 0.1) is 13.2 Å². The topological polar surface area (TPSA) is 41.6 Å². The molecular weight excluding hydrogens is 252 g/mol. The fourth-order valence-electron chi connectivity index (χ4n) is 2.86.